The van der Waals surface area contributed by atoms with Crippen molar-refractivity contribution >= 4 is 11.6 Å². The van der Waals surface area contributed by atoms with Crippen molar-refractivity contribution in [2.45, 2.75) is 13.8 Å². The van der Waals surface area contributed by atoms with Crippen LogP contribution in [0.5, 0.6) is 6.01 Å². The summed E-state index contributed by atoms with van der Waals surface area (Å²) in [6.45, 7) is 3.18. The number of benzene rings is 1. The molecule has 1 aromatic carbocycles. The van der Waals surface area contributed by atoms with Crippen LogP contribution >= 0.6 is 0 Å². The van der Waals surface area contributed by atoms with Crippen LogP contribution in [0, 0.1) is 31.3 Å². The van der Waals surface area contributed by atoms with Crippen molar-refractivity contribution in [1.29, 1.82) is 0 Å². The third kappa shape index (κ3) is 2.85. The average molecular weight is 311 g/mol. The Balaban J connectivity index is 2.36. The fourth-order valence-electron chi connectivity index (χ4n) is 1.84. The predicted octanol–water partition coefficient (Wildman–Crippen LogP) is 2.77. The number of ether oxygens (including phenoxy) is 1. The van der Waals surface area contributed by atoms with Crippen LogP contribution in [0.3, 0.4) is 0 Å². The number of halogens is 3. The molecule has 0 spiro atoms. The minimum atomic E-state index is -1.70. The lowest BCUT2D eigenvalue weighted by molar-refractivity contribution is 0.102. The SMILES string of the molecule is COc1nc(C)c(NC(=O)c2ccc(F)c(F)c2F)c(C)n1. The topological polar surface area (TPSA) is 64.1 Å². The van der Waals surface area contributed by atoms with Crippen molar-refractivity contribution in [1.82, 2.24) is 9.97 Å². The summed E-state index contributed by atoms with van der Waals surface area (Å²) < 4.78 is 44.5. The van der Waals surface area contributed by atoms with E-state index < -0.39 is 28.9 Å². The van der Waals surface area contributed by atoms with Crippen molar-refractivity contribution in [2.24, 2.45) is 0 Å². The van der Waals surface area contributed by atoms with E-state index in [1.807, 2.05) is 0 Å². The number of hydrogen-bond acceptors (Lipinski definition) is 4. The zero-order chi connectivity index (χ0) is 16.4. The molecule has 0 aliphatic heterocycles. The van der Waals surface area contributed by atoms with Crippen LogP contribution in [0.15, 0.2) is 12.1 Å². The van der Waals surface area contributed by atoms with Crippen molar-refractivity contribution in [3.05, 3.63) is 46.5 Å². The van der Waals surface area contributed by atoms with Gasteiger partial charge in [0.25, 0.3) is 5.91 Å². The molecule has 0 aliphatic rings. The van der Waals surface area contributed by atoms with E-state index in [9.17, 15) is 18.0 Å². The van der Waals surface area contributed by atoms with Crippen LogP contribution in [0.4, 0.5) is 18.9 Å². The first kappa shape index (κ1) is 15.7. The van der Waals surface area contributed by atoms with Gasteiger partial charge in [0, 0.05) is 0 Å². The number of amides is 1. The molecule has 1 heterocycles. The van der Waals surface area contributed by atoms with Crippen molar-refractivity contribution < 1.29 is 22.7 Å². The van der Waals surface area contributed by atoms with Gasteiger partial charge in [0.2, 0.25) is 0 Å². The molecule has 1 amide bonds. The number of rotatable bonds is 3. The summed E-state index contributed by atoms with van der Waals surface area (Å²) >= 11 is 0. The Morgan fingerprint density at radius 2 is 1.68 bits per heavy atom. The zero-order valence-electron chi connectivity index (χ0n) is 12.0. The summed E-state index contributed by atoms with van der Waals surface area (Å²) in [5.41, 5.74) is 0.407. The Morgan fingerprint density at radius 3 is 2.23 bits per heavy atom. The zero-order valence-corrected chi connectivity index (χ0v) is 12.0. The minimum Gasteiger partial charge on any atom is -0.467 e. The molecule has 5 nitrogen and oxygen atoms in total. The van der Waals surface area contributed by atoms with E-state index in [2.05, 4.69) is 15.3 Å². The van der Waals surface area contributed by atoms with Gasteiger partial charge in [-0.25, -0.2) is 13.2 Å². The van der Waals surface area contributed by atoms with Gasteiger partial charge < -0.3 is 10.1 Å². The summed E-state index contributed by atoms with van der Waals surface area (Å²) in [5.74, 6) is -5.56. The number of methoxy groups -OCH3 is 1. The van der Waals surface area contributed by atoms with Gasteiger partial charge in [-0.3, -0.25) is 4.79 Å². The fraction of sp³-hybridized carbons (Fsp3) is 0.214. The number of aryl methyl sites for hydroxylation is 2. The van der Waals surface area contributed by atoms with Gasteiger partial charge in [-0.05, 0) is 26.0 Å². The summed E-state index contributed by atoms with van der Waals surface area (Å²) in [5, 5.41) is 2.38. The molecule has 116 valence electrons. The van der Waals surface area contributed by atoms with Gasteiger partial charge in [0.05, 0.1) is 29.7 Å². The van der Waals surface area contributed by atoms with Crippen LogP contribution in [0.25, 0.3) is 0 Å². The number of carbonyl (C=O) groups is 1. The molecule has 2 rings (SSSR count). The Labute approximate surface area is 124 Å². The Bertz CT molecular complexity index is 727. The molecule has 0 saturated heterocycles. The molecular weight excluding hydrogens is 299 g/mol. The number of nitrogens with zero attached hydrogens (tertiary/aromatic N) is 2. The molecular formula is C14H12F3N3O2. The highest BCUT2D eigenvalue weighted by molar-refractivity contribution is 6.05. The number of nitrogens with one attached hydrogen (secondary N) is 1. The highest BCUT2D eigenvalue weighted by atomic mass is 19.2. The maximum Gasteiger partial charge on any atom is 0.316 e. The molecule has 22 heavy (non-hydrogen) atoms. The van der Waals surface area contributed by atoms with E-state index in [0.717, 1.165) is 6.07 Å². The molecule has 1 N–H and O–H groups in total. The highest BCUT2D eigenvalue weighted by Crippen LogP contribution is 2.22. The molecule has 2 aromatic rings. The first-order valence-corrected chi connectivity index (χ1v) is 6.19. The van der Waals surface area contributed by atoms with E-state index in [1.54, 1.807) is 13.8 Å². The lowest BCUT2D eigenvalue weighted by atomic mass is 10.1. The maximum atomic E-state index is 13.6. The number of aromatic nitrogens is 2. The molecule has 1 aromatic heterocycles. The predicted molar refractivity (Wildman–Crippen MR) is 72.3 cm³/mol. The van der Waals surface area contributed by atoms with E-state index in [4.69, 9.17) is 4.74 Å². The van der Waals surface area contributed by atoms with Gasteiger partial charge in [0.15, 0.2) is 17.5 Å². The first-order chi connectivity index (χ1) is 10.3. The van der Waals surface area contributed by atoms with Gasteiger partial charge in [0.1, 0.15) is 0 Å². The molecule has 0 aliphatic carbocycles. The van der Waals surface area contributed by atoms with Gasteiger partial charge in [-0.1, -0.05) is 0 Å². The highest BCUT2D eigenvalue weighted by Gasteiger charge is 2.20. The monoisotopic (exact) mass is 311 g/mol. The van der Waals surface area contributed by atoms with Crippen LogP contribution in [-0.2, 0) is 0 Å². The van der Waals surface area contributed by atoms with Gasteiger partial charge >= 0.3 is 6.01 Å². The average Bonchev–Trinajstić information content (AvgIpc) is 2.48. The number of carbonyl (C=O) groups excluding carboxylic acids is 1. The van der Waals surface area contributed by atoms with Gasteiger partial charge in [-0.2, -0.15) is 9.97 Å². The first-order valence-electron chi connectivity index (χ1n) is 6.19. The molecule has 0 saturated carbocycles. The molecule has 0 unspecified atom stereocenters. The third-order valence-corrected chi connectivity index (χ3v) is 2.95. The fourth-order valence-corrected chi connectivity index (χ4v) is 1.84. The second-order valence-corrected chi connectivity index (χ2v) is 4.43. The summed E-state index contributed by atoms with van der Waals surface area (Å²) in [4.78, 5) is 20.0. The van der Waals surface area contributed by atoms with E-state index in [1.165, 1.54) is 7.11 Å². The van der Waals surface area contributed by atoms with Crippen LogP contribution in [0.1, 0.15) is 21.7 Å². The van der Waals surface area contributed by atoms with Crippen LogP contribution in [0.2, 0.25) is 0 Å². The standard InChI is InChI=1S/C14H12F3N3O2/c1-6-12(7(2)19-14(18-6)22-3)20-13(21)8-4-5-9(15)11(17)10(8)16/h4-5H,1-3H3,(H,20,21). The second kappa shape index (κ2) is 6.00. The van der Waals surface area contributed by atoms with Crippen molar-refractivity contribution in [2.75, 3.05) is 12.4 Å². The van der Waals surface area contributed by atoms with Crippen molar-refractivity contribution in [3.63, 3.8) is 0 Å². The summed E-state index contributed by atoms with van der Waals surface area (Å²) in [7, 11) is 1.39. The number of anilines is 1. The number of hydrogen-bond donors (Lipinski definition) is 1. The third-order valence-electron chi connectivity index (χ3n) is 2.95. The normalized spacial score (nSPS) is 10.5. The summed E-state index contributed by atoms with van der Waals surface area (Å²) in [6.07, 6.45) is 0. The van der Waals surface area contributed by atoms with Crippen LogP contribution in [-0.4, -0.2) is 23.0 Å². The van der Waals surface area contributed by atoms with Gasteiger partial charge in [-0.15, -0.1) is 0 Å². The molecule has 0 radical (unpaired) electrons. The minimum absolute atomic E-state index is 0.118. The Morgan fingerprint density at radius 1 is 1.09 bits per heavy atom. The van der Waals surface area contributed by atoms with E-state index in [0.29, 0.717) is 17.5 Å². The Kier molecular flexibility index (Phi) is 4.30. The molecule has 0 fully saturated rings. The largest absolute Gasteiger partial charge is 0.467 e. The molecule has 8 heteroatoms. The molecule has 0 bridgehead atoms. The van der Waals surface area contributed by atoms with E-state index in [-0.39, 0.29) is 11.7 Å². The van der Waals surface area contributed by atoms with Crippen LogP contribution < -0.4 is 10.1 Å². The van der Waals surface area contributed by atoms with Crippen molar-refractivity contribution in [3.8, 4) is 6.01 Å². The smallest absolute Gasteiger partial charge is 0.316 e. The summed E-state index contributed by atoms with van der Waals surface area (Å²) in [6, 6.07) is 1.65. The lowest BCUT2D eigenvalue weighted by Gasteiger charge is -2.12. The Hall–Kier alpha value is -2.64. The second-order valence-electron chi connectivity index (χ2n) is 4.43. The molecule has 0 atom stereocenters. The quantitative estimate of drug-likeness (QED) is 0.885. The lowest BCUT2D eigenvalue weighted by Crippen LogP contribution is -2.17. The maximum absolute atomic E-state index is 13.6. The van der Waals surface area contributed by atoms with E-state index >= 15 is 0 Å².